The summed E-state index contributed by atoms with van der Waals surface area (Å²) in [6.45, 7) is 12.3. The standard InChI is InChI=1S/2C7H13NO2.H2O4S/c2*1-6(2)7(9)10-5-4-8-3;1-5(2,3)4/h2*8H,1,4-5H2,2-3H3;(H2,1,2,3,4). The lowest BCUT2D eigenvalue weighted by Gasteiger charge is -2.01. The fraction of sp³-hybridized carbons (Fsp3) is 0.571. The average Bonchev–Trinajstić information content (AvgIpc) is 2.46. The molecule has 148 valence electrons. The van der Waals surface area contributed by atoms with E-state index in [2.05, 4.69) is 23.8 Å². The first kappa shape index (κ1) is 28.0. The number of ether oxygens (including phenoxy) is 2. The molecule has 0 rings (SSSR count). The van der Waals surface area contributed by atoms with Gasteiger partial charge in [0.1, 0.15) is 13.2 Å². The summed E-state index contributed by atoms with van der Waals surface area (Å²) in [4.78, 5) is 21.3. The maximum Gasteiger partial charge on any atom is 0.394 e. The van der Waals surface area contributed by atoms with E-state index in [1.807, 2.05) is 0 Å². The molecule has 0 aliphatic carbocycles. The smallest absolute Gasteiger partial charge is 0.394 e. The predicted octanol–water partition coefficient (Wildman–Crippen LogP) is -0.00260. The second-order valence-electron chi connectivity index (χ2n) is 4.49. The van der Waals surface area contributed by atoms with E-state index in [9.17, 15) is 9.59 Å². The van der Waals surface area contributed by atoms with Crippen LogP contribution in [0.5, 0.6) is 0 Å². The van der Waals surface area contributed by atoms with Gasteiger partial charge < -0.3 is 20.1 Å². The number of hydrogen-bond acceptors (Lipinski definition) is 8. The van der Waals surface area contributed by atoms with Crippen LogP contribution >= 0.6 is 0 Å². The minimum Gasteiger partial charge on any atom is -0.461 e. The van der Waals surface area contributed by atoms with Crippen molar-refractivity contribution in [1.29, 1.82) is 0 Å². The van der Waals surface area contributed by atoms with Gasteiger partial charge in [-0.15, -0.1) is 0 Å². The van der Waals surface area contributed by atoms with Gasteiger partial charge in [0, 0.05) is 24.2 Å². The Morgan fingerprint density at radius 2 is 1.12 bits per heavy atom. The number of likely N-dealkylation sites (N-methyl/N-ethyl adjacent to an activating group) is 2. The largest absolute Gasteiger partial charge is 0.461 e. The Balaban J connectivity index is -0.000000308. The molecule has 0 aliphatic heterocycles. The molecule has 0 aromatic rings. The van der Waals surface area contributed by atoms with Crippen molar-refractivity contribution in [2.45, 2.75) is 13.8 Å². The van der Waals surface area contributed by atoms with Crippen molar-refractivity contribution in [1.82, 2.24) is 10.6 Å². The third-order valence-electron chi connectivity index (χ3n) is 1.87. The van der Waals surface area contributed by atoms with Crippen LogP contribution in [0.25, 0.3) is 0 Å². The summed E-state index contributed by atoms with van der Waals surface area (Å²) in [5.74, 6) is -0.648. The van der Waals surface area contributed by atoms with Crippen LogP contribution in [0.1, 0.15) is 13.8 Å². The van der Waals surface area contributed by atoms with Crippen molar-refractivity contribution in [3.63, 3.8) is 0 Å². The van der Waals surface area contributed by atoms with E-state index in [4.69, 9.17) is 27.0 Å². The Bertz CT molecular complexity index is 477. The molecule has 4 N–H and O–H groups in total. The minimum absolute atomic E-state index is 0.324. The molecule has 0 saturated carbocycles. The highest BCUT2D eigenvalue weighted by Gasteiger charge is 2.00. The molecule has 10 nitrogen and oxygen atoms in total. The highest BCUT2D eigenvalue weighted by Crippen LogP contribution is 1.90. The van der Waals surface area contributed by atoms with E-state index in [1.54, 1.807) is 27.9 Å². The van der Waals surface area contributed by atoms with E-state index in [1.165, 1.54) is 0 Å². The SMILES string of the molecule is C=C(C)C(=O)OCCNC.C=C(C)C(=O)OCCNC.O=S(=O)(O)O. The van der Waals surface area contributed by atoms with E-state index < -0.39 is 10.4 Å². The van der Waals surface area contributed by atoms with Crippen LogP contribution in [0, 0.1) is 0 Å². The van der Waals surface area contributed by atoms with Crippen LogP contribution in [0.4, 0.5) is 0 Å². The molecule has 0 bridgehead atoms. The third kappa shape index (κ3) is 34.5. The maximum atomic E-state index is 10.7. The third-order valence-corrected chi connectivity index (χ3v) is 1.87. The molecule has 0 aromatic carbocycles. The fourth-order valence-corrected chi connectivity index (χ4v) is 0.738. The van der Waals surface area contributed by atoms with Crippen LogP contribution in [0.15, 0.2) is 24.3 Å². The molecule has 11 heteroatoms. The Morgan fingerprint density at radius 3 is 1.28 bits per heavy atom. The van der Waals surface area contributed by atoms with Gasteiger partial charge in [0.2, 0.25) is 0 Å². The highest BCUT2D eigenvalue weighted by atomic mass is 32.3. The summed E-state index contributed by atoms with van der Waals surface area (Å²) in [6, 6.07) is 0. The molecule has 0 fully saturated rings. The average molecular weight is 384 g/mol. The molecule has 0 atom stereocenters. The molecule has 0 unspecified atom stereocenters. The number of nitrogens with one attached hydrogen (secondary N) is 2. The number of carbonyl (C=O) groups is 2. The lowest BCUT2D eigenvalue weighted by atomic mass is 10.4. The van der Waals surface area contributed by atoms with Gasteiger partial charge in [0.15, 0.2) is 0 Å². The van der Waals surface area contributed by atoms with Gasteiger partial charge in [-0.1, -0.05) is 13.2 Å². The first-order valence-electron chi connectivity index (χ1n) is 7.01. The zero-order valence-corrected chi connectivity index (χ0v) is 15.8. The maximum absolute atomic E-state index is 10.7. The Hall–Kier alpha value is -1.79. The lowest BCUT2D eigenvalue weighted by Crippen LogP contribution is -2.17. The summed E-state index contributed by atoms with van der Waals surface area (Å²) < 4.78 is 41.1. The quantitative estimate of drug-likeness (QED) is 0.195. The number of esters is 2. The van der Waals surface area contributed by atoms with Gasteiger partial charge in [-0.05, 0) is 27.9 Å². The van der Waals surface area contributed by atoms with E-state index in [-0.39, 0.29) is 11.9 Å². The summed E-state index contributed by atoms with van der Waals surface area (Å²) in [5.41, 5.74) is 0.882. The molecular weight excluding hydrogens is 356 g/mol. The predicted molar refractivity (Wildman–Crippen MR) is 93.6 cm³/mol. The van der Waals surface area contributed by atoms with Crippen molar-refractivity contribution < 1.29 is 36.6 Å². The minimum atomic E-state index is -4.67. The Kier molecular flexibility index (Phi) is 19.1. The van der Waals surface area contributed by atoms with Crippen molar-refractivity contribution in [3.05, 3.63) is 24.3 Å². The molecule has 0 aliphatic rings. The molecule has 25 heavy (non-hydrogen) atoms. The van der Waals surface area contributed by atoms with Gasteiger partial charge in [0.25, 0.3) is 0 Å². The van der Waals surface area contributed by atoms with Crippen molar-refractivity contribution in [2.24, 2.45) is 0 Å². The number of hydrogen-bond donors (Lipinski definition) is 4. The second kappa shape index (κ2) is 17.0. The first-order valence-corrected chi connectivity index (χ1v) is 8.40. The second-order valence-corrected chi connectivity index (χ2v) is 5.38. The van der Waals surface area contributed by atoms with E-state index in [0.717, 1.165) is 0 Å². The Morgan fingerprint density at radius 1 is 0.880 bits per heavy atom. The van der Waals surface area contributed by atoms with Gasteiger partial charge >= 0.3 is 22.3 Å². The van der Waals surface area contributed by atoms with Crippen LogP contribution in [-0.2, 0) is 29.5 Å². The zero-order valence-electron chi connectivity index (χ0n) is 15.0. The monoisotopic (exact) mass is 384 g/mol. The van der Waals surface area contributed by atoms with Crippen LogP contribution in [-0.4, -0.2) is 69.9 Å². The van der Waals surface area contributed by atoms with Crippen molar-refractivity contribution in [2.75, 3.05) is 40.4 Å². The molecule has 0 saturated heterocycles. The van der Waals surface area contributed by atoms with Gasteiger partial charge in [-0.3, -0.25) is 9.11 Å². The number of carbonyl (C=O) groups excluding carboxylic acids is 2. The first-order chi connectivity index (χ1) is 11.4. The van der Waals surface area contributed by atoms with Crippen LogP contribution < -0.4 is 10.6 Å². The van der Waals surface area contributed by atoms with E-state index in [0.29, 0.717) is 37.4 Å². The molecule has 0 aromatic heterocycles. The van der Waals surface area contributed by atoms with Crippen molar-refractivity contribution in [3.8, 4) is 0 Å². The van der Waals surface area contributed by atoms with Crippen LogP contribution in [0.2, 0.25) is 0 Å². The molecule has 0 heterocycles. The normalized spacial score (nSPS) is 9.52. The molecular formula is C14H28N2O8S. The zero-order chi connectivity index (χ0) is 20.5. The molecule has 0 spiro atoms. The summed E-state index contributed by atoms with van der Waals surface area (Å²) in [7, 11) is -1.07. The fourth-order valence-electron chi connectivity index (χ4n) is 0.738. The highest BCUT2D eigenvalue weighted by molar-refractivity contribution is 7.79. The van der Waals surface area contributed by atoms with Gasteiger partial charge in [0.05, 0.1) is 0 Å². The molecule has 0 radical (unpaired) electrons. The Labute approximate surface area is 148 Å². The van der Waals surface area contributed by atoms with Gasteiger partial charge in [-0.25, -0.2) is 9.59 Å². The summed E-state index contributed by atoms with van der Waals surface area (Å²) in [5, 5.41) is 5.71. The topological polar surface area (TPSA) is 151 Å². The summed E-state index contributed by atoms with van der Waals surface area (Å²) in [6.07, 6.45) is 0. The van der Waals surface area contributed by atoms with Gasteiger partial charge in [-0.2, -0.15) is 8.42 Å². The van der Waals surface area contributed by atoms with Crippen molar-refractivity contribution >= 4 is 22.3 Å². The van der Waals surface area contributed by atoms with Crippen LogP contribution in [0.3, 0.4) is 0 Å². The van der Waals surface area contributed by atoms with E-state index >= 15 is 0 Å². The molecule has 0 amide bonds. The lowest BCUT2D eigenvalue weighted by molar-refractivity contribution is -0.139. The number of rotatable bonds is 8. The summed E-state index contributed by atoms with van der Waals surface area (Å²) >= 11 is 0.